The highest BCUT2D eigenvalue weighted by atomic mass is 32.2. The van der Waals surface area contributed by atoms with Crippen LogP contribution in [0.1, 0.15) is 33.6 Å². The van der Waals surface area contributed by atoms with Crippen LogP contribution in [0.15, 0.2) is 0 Å². The minimum absolute atomic E-state index is 0.262. The molecule has 0 aliphatic heterocycles. The zero-order valence-electron chi connectivity index (χ0n) is 10.7. The van der Waals surface area contributed by atoms with Crippen molar-refractivity contribution in [1.29, 1.82) is 0 Å². The van der Waals surface area contributed by atoms with Gasteiger partial charge in [-0.05, 0) is 32.4 Å². The van der Waals surface area contributed by atoms with Crippen molar-refractivity contribution >= 4 is 17.7 Å². The monoisotopic (exact) mass is 244 g/mol. The van der Waals surface area contributed by atoms with Crippen LogP contribution in [0.2, 0.25) is 0 Å². The molecule has 0 aromatic carbocycles. The van der Waals surface area contributed by atoms with Crippen LogP contribution in [0.25, 0.3) is 0 Å². The minimum Gasteiger partial charge on any atom is -0.339 e. The molecule has 0 saturated heterocycles. The van der Waals surface area contributed by atoms with Gasteiger partial charge in [0.1, 0.15) is 0 Å². The molecule has 0 radical (unpaired) electrons. The molecule has 0 bridgehead atoms. The van der Waals surface area contributed by atoms with Gasteiger partial charge in [0.25, 0.3) is 0 Å². The highest BCUT2D eigenvalue weighted by molar-refractivity contribution is 7.99. The highest BCUT2D eigenvalue weighted by Gasteiger charge is 2.30. The highest BCUT2D eigenvalue weighted by Crippen LogP contribution is 2.26. The molecule has 1 fully saturated rings. The summed E-state index contributed by atoms with van der Waals surface area (Å²) in [5.41, 5.74) is 0. The molecule has 1 rings (SSSR count). The van der Waals surface area contributed by atoms with Gasteiger partial charge in [0.05, 0.1) is 6.54 Å². The molecule has 0 aromatic heterocycles. The second-order valence-corrected chi connectivity index (χ2v) is 5.67. The van der Waals surface area contributed by atoms with Crippen LogP contribution < -0.4 is 5.32 Å². The zero-order chi connectivity index (χ0) is 12.0. The lowest BCUT2D eigenvalue weighted by atomic mass is 10.3. The number of hydrogen-bond donors (Lipinski definition) is 1. The van der Waals surface area contributed by atoms with E-state index in [2.05, 4.69) is 26.1 Å². The molecule has 0 heterocycles. The molecule has 0 spiro atoms. The van der Waals surface area contributed by atoms with E-state index >= 15 is 0 Å². The van der Waals surface area contributed by atoms with E-state index in [0.29, 0.717) is 18.6 Å². The lowest BCUT2D eigenvalue weighted by Crippen LogP contribution is -2.42. The van der Waals surface area contributed by atoms with Gasteiger partial charge in [0, 0.05) is 24.4 Å². The quantitative estimate of drug-likeness (QED) is 0.706. The fourth-order valence-corrected chi connectivity index (χ4v) is 2.45. The maximum Gasteiger partial charge on any atom is 0.236 e. The second kappa shape index (κ2) is 7.17. The lowest BCUT2D eigenvalue weighted by molar-refractivity contribution is -0.130. The number of nitrogens with zero attached hydrogens (tertiary/aromatic N) is 1. The maximum atomic E-state index is 11.9. The van der Waals surface area contributed by atoms with Crippen molar-refractivity contribution in [1.82, 2.24) is 10.2 Å². The third kappa shape index (κ3) is 4.74. The Morgan fingerprint density at radius 3 is 2.69 bits per heavy atom. The molecule has 1 aliphatic rings. The van der Waals surface area contributed by atoms with E-state index < -0.39 is 0 Å². The Kier molecular flexibility index (Phi) is 6.21. The molecule has 3 nitrogen and oxygen atoms in total. The van der Waals surface area contributed by atoms with Crippen molar-refractivity contribution in [2.45, 2.75) is 45.7 Å². The van der Waals surface area contributed by atoms with Crippen LogP contribution in [-0.2, 0) is 4.79 Å². The molecule has 16 heavy (non-hydrogen) atoms. The summed E-state index contributed by atoms with van der Waals surface area (Å²) in [7, 11) is 0. The Labute approximate surface area is 103 Å². The molecule has 4 heteroatoms. The number of carbonyl (C=O) groups excluding carboxylic acids is 1. The molecule has 1 aliphatic carbocycles. The second-order valence-electron chi connectivity index (χ2n) is 4.35. The van der Waals surface area contributed by atoms with Crippen molar-refractivity contribution < 1.29 is 4.79 Å². The lowest BCUT2D eigenvalue weighted by Gasteiger charge is -2.22. The van der Waals surface area contributed by atoms with Crippen LogP contribution in [0, 0.1) is 0 Å². The SMILES string of the molecule is CCSCC(C)NCC(=O)N(CC)C1CC1. The predicted octanol–water partition coefficient (Wildman–Crippen LogP) is 1.73. The Morgan fingerprint density at radius 1 is 1.50 bits per heavy atom. The Balaban J connectivity index is 2.17. The maximum absolute atomic E-state index is 11.9. The Bertz CT molecular complexity index is 219. The van der Waals surface area contributed by atoms with Crippen molar-refractivity contribution in [2.24, 2.45) is 0 Å². The summed E-state index contributed by atoms with van der Waals surface area (Å²) < 4.78 is 0. The van der Waals surface area contributed by atoms with Crippen LogP contribution >= 0.6 is 11.8 Å². The fraction of sp³-hybridized carbons (Fsp3) is 0.917. The van der Waals surface area contributed by atoms with Gasteiger partial charge >= 0.3 is 0 Å². The minimum atomic E-state index is 0.262. The van der Waals surface area contributed by atoms with Gasteiger partial charge in [-0.1, -0.05) is 6.92 Å². The van der Waals surface area contributed by atoms with E-state index in [1.807, 2.05) is 16.7 Å². The van der Waals surface area contributed by atoms with E-state index in [0.717, 1.165) is 18.1 Å². The number of rotatable bonds is 8. The predicted molar refractivity (Wildman–Crippen MR) is 70.9 cm³/mol. The first-order valence-corrected chi connectivity index (χ1v) is 7.45. The van der Waals surface area contributed by atoms with Crippen molar-refractivity contribution in [3.05, 3.63) is 0 Å². The molecule has 1 atom stereocenters. The van der Waals surface area contributed by atoms with Gasteiger partial charge in [-0.25, -0.2) is 0 Å². The Morgan fingerprint density at radius 2 is 2.19 bits per heavy atom. The van der Waals surface area contributed by atoms with Gasteiger partial charge in [0.15, 0.2) is 0 Å². The summed E-state index contributed by atoms with van der Waals surface area (Å²) in [5.74, 6) is 2.49. The van der Waals surface area contributed by atoms with E-state index in [1.165, 1.54) is 12.8 Å². The first kappa shape index (κ1) is 13.8. The summed E-state index contributed by atoms with van der Waals surface area (Å²) in [6, 6.07) is 0.964. The van der Waals surface area contributed by atoms with Crippen LogP contribution in [0.4, 0.5) is 0 Å². The number of likely N-dealkylation sites (N-methyl/N-ethyl adjacent to an activating group) is 1. The van der Waals surface area contributed by atoms with Crippen molar-refractivity contribution in [3.8, 4) is 0 Å². The topological polar surface area (TPSA) is 32.3 Å². The summed E-state index contributed by atoms with van der Waals surface area (Å²) >= 11 is 1.91. The Hall–Kier alpha value is -0.220. The van der Waals surface area contributed by atoms with Gasteiger partial charge < -0.3 is 10.2 Å². The zero-order valence-corrected chi connectivity index (χ0v) is 11.5. The van der Waals surface area contributed by atoms with Crippen LogP contribution in [0.3, 0.4) is 0 Å². The molecule has 1 amide bonds. The summed E-state index contributed by atoms with van der Waals surface area (Å²) in [6.07, 6.45) is 2.39. The van der Waals surface area contributed by atoms with E-state index in [1.54, 1.807) is 0 Å². The number of hydrogen-bond acceptors (Lipinski definition) is 3. The van der Waals surface area contributed by atoms with E-state index in [4.69, 9.17) is 0 Å². The first-order chi connectivity index (χ1) is 7.69. The van der Waals surface area contributed by atoms with E-state index in [9.17, 15) is 4.79 Å². The number of thioether (sulfide) groups is 1. The average Bonchev–Trinajstić information content (AvgIpc) is 3.08. The summed E-state index contributed by atoms with van der Waals surface area (Å²) in [5, 5.41) is 3.30. The van der Waals surface area contributed by atoms with Crippen molar-refractivity contribution in [3.63, 3.8) is 0 Å². The van der Waals surface area contributed by atoms with Gasteiger partial charge in [0.2, 0.25) is 5.91 Å². The van der Waals surface area contributed by atoms with Crippen LogP contribution in [-0.4, -0.2) is 47.5 Å². The molecule has 1 N–H and O–H groups in total. The number of carbonyl (C=O) groups is 1. The third-order valence-electron chi connectivity index (χ3n) is 2.82. The number of amides is 1. The molecule has 1 saturated carbocycles. The smallest absolute Gasteiger partial charge is 0.236 e. The molecule has 0 aromatic rings. The molecular weight excluding hydrogens is 220 g/mol. The number of nitrogens with one attached hydrogen (secondary N) is 1. The van der Waals surface area contributed by atoms with E-state index in [-0.39, 0.29) is 5.91 Å². The third-order valence-corrected chi connectivity index (χ3v) is 3.97. The largest absolute Gasteiger partial charge is 0.339 e. The molecule has 94 valence electrons. The van der Waals surface area contributed by atoms with Crippen LogP contribution in [0.5, 0.6) is 0 Å². The normalized spacial score (nSPS) is 17.2. The average molecular weight is 244 g/mol. The van der Waals surface area contributed by atoms with Gasteiger partial charge in [-0.2, -0.15) is 11.8 Å². The van der Waals surface area contributed by atoms with Gasteiger partial charge in [-0.15, -0.1) is 0 Å². The standard InChI is InChI=1S/C12H24N2OS/c1-4-14(11-6-7-11)12(15)8-13-10(3)9-16-5-2/h10-11,13H,4-9H2,1-3H3. The first-order valence-electron chi connectivity index (χ1n) is 6.29. The van der Waals surface area contributed by atoms with Gasteiger partial charge in [-0.3, -0.25) is 4.79 Å². The summed E-state index contributed by atoms with van der Waals surface area (Å²) in [6.45, 7) is 7.71. The fourth-order valence-electron chi connectivity index (χ4n) is 1.74. The summed E-state index contributed by atoms with van der Waals surface area (Å²) in [4.78, 5) is 13.9. The van der Waals surface area contributed by atoms with Crippen molar-refractivity contribution in [2.75, 3.05) is 24.6 Å². The molecule has 1 unspecified atom stereocenters. The molecular formula is C12H24N2OS.